The first kappa shape index (κ1) is 13.5. The first-order valence-electron chi connectivity index (χ1n) is 5.79. The minimum absolute atomic E-state index is 0.0319. The van der Waals surface area contributed by atoms with E-state index in [2.05, 4.69) is 6.92 Å². The molecule has 1 aliphatic heterocycles. The molecule has 3 nitrogen and oxygen atoms in total. The summed E-state index contributed by atoms with van der Waals surface area (Å²) in [4.78, 5) is 24.9. The summed E-state index contributed by atoms with van der Waals surface area (Å²) in [6, 6.07) is 0. The van der Waals surface area contributed by atoms with Gasteiger partial charge in [-0.2, -0.15) is 0 Å². The summed E-state index contributed by atoms with van der Waals surface area (Å²) in [5, 5.41) is 0. The fourth-order valence-electron chi connectivity index (χ4n) is 1.93. The third-order valence-electron chi connectivity index (χ3n) is 3.17. The summed E-state index contributed by atoms with van der Waals surface area (Å²) in [6.45, 7) is 6.29. The average Bonchev–Trinajstić information content (AvgIpc) is 2.35. The van der Waals surface area contributed by atoms with Gasteiger partial charge in [-0.25, -0.2) is 0 Å². The lowest BCUT2D eigenvalue weighted by Crippen LogP contribution is -2.34. The molecule has 1 saturated heterocycles. The van der Waals surface area contributed by atoms with Crippen LogP contribution < -0.4 is 0 Å². The van der Waals surface area contributed by atoms with Crippen molar-refractivity contribution in [3.63, 3.8) is 0 Å². The van der Waals surface area contributed by atoms with Gasteiger partial charge in [0.25, 0.3) is 0 Å². The van der Waals surface area contributed by atoms with Crippen molar-refractivity contribution in [3.05, 3.63) is 0 Å². The van der Waals surface area contributed by atoms with E-state index in [1.807, 2.05) is 13.8 Å². The Hall–Kier alpha value is -0.570. The molecule has 0 aromatic carbocycles. The summed E-state index contributed by atoms with van der Waals surface area (Å²) in [6.07, 6.45) is 2.12. The van der Waals surface area contributed by atoms with E-state index in [-0.39, 0.29) is 11.8 Å². The fraction of sp³-hybridized carbons (Fsp3) is 0.833. The van der Waals surface area contributed by atoms with Gasteiger partial charge >= 0.3 is 0 Å². The second-order valence-electron chi connectivity index (χ2n) is 5.28. The maximum Gasteiger partial charge on any atom is 0.235 e. The molecule has 0 saturated carbocycles. The molecular weight excluding hydrogens is 226 g/mol. The lowest BCUT2D eigenvalue weighted by Gasteiger charge is -2.19. The molecule has 0 radical (unpaired) electrons. The predicted octanol–water partition coefficient (Wildman–Crippen LogP) is 2.43. The van der Waals surface area contributed by atoms with E-state index < -0.39 is 5.41 Å². The van der Waals surface area contributed by atoms with Gasteiger partial charge in [-0.1, -0.05) is 20.8 Å². The molecule has 2 amide bonds. The summed E-state index contributed by atoms with van der Waals surface area (Å²) < 4.78 is 0. The Labute approximate surface area is 102 Å². The molecule has 0 N–H and O–H groups in total. The molecule has 0 bridgehead atoms. The van der Waals surface area contributed by atoms with Crippen molar-refractivity contribution < 1.29 is 9.59 Å². The van der Waals surface area contributed by atoms with Crippen LogP contribution in [0.4, 0.5) is 0 Å². The number of hydrogen-bond acceptors (Lipinski definition) is 2. The number of halogens is 1. The van der Waals surface area contributed by atoms with Gasteiger partial charge in [-0.15, -0.1) is 11.6 Å². The van der Waals surface area contributed by atoms with Crippen molar-refractivity contribution in [1.29, 1.82) is 0 Å². The Morgan fingerprint density at radius 3 is 2.44 bits per heavy atom. The zero-order valence-electron chi connectivity index (χ0n) is 10.3. The van der Waals surface area contributed by atoms with Crippen LogP contribution in [-0.2, 0) is 9.59 Å². The molecule has 1 fully saturated rings. The summed E-state index contributed by atoms with van der Waals surface area (Å²) in [5.41, 5.74) is -0.507. The third kappa shape index (κ3) is 2.97. The number of likely N-dealkylation sites (tertiary alicyclic amines) is 1. The minimum atomic E-state index is -0.507. The van der Waals surface area contributed by atoms with Crippen molar-refractivity contribution >= 4 is 23.4 Å². The van der Waals surface area contributed by atoms with E-state index in [0.717, 1.165) is 12.8 Å². The molecule has 1 aliphatic rings. The topological polar surface area (TPSA) is 37.4 Å². The van der Waals surface area contributed by atoms with Gasteiger partial charge in [-0.3, -0.25) is 14.5 Å². The average molecular weight is 246 g/mol. The van der Waals surface area contributed by atoms with Gasteiger partial charge < -0.3 is 0 Å². The highest BCUT2D eigenvalue weighted by atomic mass is 35.5. The van der Waals surface area contributed by atoms with Crippen LogP contribution in [0.1, 0.15) is 40.0 Å². The largest absolute Gasteiger partial charge is 0.282 e. The number of amides is 2. The van der Waals surface area contributed by atoms with Gasteiger partial charge in [0.05, 0.1) is 5.41 Å². The monoisotopic (exact) mass is 245 g/mol. The second-order valence-corrected chi connectivity index (χ2v) is 5.66. The molecule has 1 atom stereocenters. The third-order valence-corrected chi connectivity index (χ3v) is 3.38. The van der Waals surface area contributed by atoms with Crippen LogP contribution in [0.3, 0.4) is 0 Å². The van der Waals surface area contributed by atoms with Crippen LogP contribution in [0.25, 0.3) is 0 Å². The summed E-state index contributed by atoms with van der Waals surface area (Å²) in [7, 11) is 0. The molecule has 0 spiro atoms. The molecule has 0 aliphatic carbocycles. The SMILES string of the molecule is CC(CCCl)CCN1C(=O)CC(C)(C)C1=O. The van der Waals surface area contributed by atoms with E-state index in [9.17, 15) is 9.59 Å². The predicted molar refractivity (Wildman–Crippen MR) is 64.2 cm³/mol. The molecule has 1 rings (SSSR count). The Morgan fingerprint density at radius 1 is 1.38 bits per heavy atom. The zero-order valence-corrected chi connectivity index (χ0v) is 11.0. The van der Waals surface area contributed by atoms with Crippen molar-refractivity contribution in [3.8, 4) is 0 Å². The number of rotatable bonds is 5. The van der Waals surface area contributed by atoms with Crippen molar-refractivity contribution in [1.82, 2.24) is 4.90 Å². The Kier molecular flexibility index (Phi) is 4.36. The lowest BCUT2D eigenvalue weighted by molar-refractivity contribution is -0.140. The Bertz CT molecular complexity index is 289. The van der Waals surface area contributed by atoms with Crippen LogP contribution in [-0.4, -0.2) is 29.1 Å². The maximum atomic E-state index is 11.9. The van der Waals surface area contributed by atoms with Crippen LogP contribution >= 0.6 is 11.6 Å². The number of imide groups is 1. The molecule has 0 aromatic rings. The quantitative estimate of drug-likeness (QED) is 0.551. The highest BCUT2D eigenvalue weighted by molar-refractivity contribution is 6.17. The van der Waals surface area contributed by atoms with E-state index in [4.69, 9.17) is 11.6 Å². The van der Waals surface area contributed by atoms with Crippen molar-refractivity contribution in [2.24, 2.45) is 11.3 Å². The molecule has 92 valence electrons. The van der Waals surface area contributed by atoms with Gasteiger partial charge in [-0.05, 0) is 18.8 Å². The molecule has 4 heteroatoms. The van der Waals surface area contributed by atoms with E-state index in [1.165, 1.54) is 4.90 Å². The minimum Gasteiger partial charge on any atom is -0.282 e. The standard InChI is InChI=1S/C12H20ClNO2/c1-9(4-6-13)5-7-14-10(15)8-12(2,3)11(14)16/h9H,4-8H2,1-3H3. The normalized spacial score (nSPS) is 21.6. The summed E-state index contributed by atoms with van der Waals surface area (Å²) >= 11 is 5.65. The van der Waals surface area contributed by atoms with Crippen LogP contribution in [0.5, 0.6) is 0 Å². The number of carbonyl (C=O) groups is 2. The molecular formula is C12H20ClNO2. The van der Waals surface area contributed by atoms with Gasteiger partial charge in [0.1, 0.15) is 0 Å². The van der Waals surface area contributed by atoms with E-state index >= 15 is 0 Å². The van der Waals surface area contributed by atoms with Crippen molar-refractivity contribution in [2.45, 2.75) is 40.0 Å². The molecule has 16 heavy (non-hydrogen) atoms. The van der Waals surface area contributed by atoms with Crippen LogP contribution in [0.15, 0.2) is 0 Å². The first-order chi connectivity index (χ1) is 7.38. The Balaban J connectivity index is 2.49. The van der Waals surface area contributed by atoms with Gasteiger partial charge in [0.15, 0.2) is 0 Å². The summed E-state index contributed by atoms with van der Waals surface area (Å²) in [5.74, 6) is 1.03. The molecule has 1 unspecified atom stereocenters. The van der Waals surface area contributed by atoms with E-state index in [0.29, 0.717) is 24.8 Å². The number of carbonyl (C=O) groups excluding carboxylic acids is 2. The smallest absolute Gasteiger partial charge is 0.235 e. The number of nitrogens with zero attached hydrogens (tertiary/aromatic N) is 1. The van der Waals surface area contributed by atoms with Gasteiger partial charge in [0.2, 0.25) is 11.8 Å². The number of hydrogen-bond donors (Lipinski definition) is 0. The maximum absolute atomic E-state index is 11.9. The zero-order chi connectivity index (χ0) is 12.3. The van der Waals surface area contributed by atoms with E-state index in [1.54, 1.807) is 0 Å². The van der Waals surface area contributed by atoms with Crippen molar-refractivity contribution in [2.75, 3.05) is 12.4 Å². The van der Waals surface area contributed by atoms with Crippen LogP contribution in [0, 0.1) is 11.3 Å². The van der Waals surface area contributed by atoms with Crippen LogP contribution in [0.2, 0.25) is 0 Å². The van der Waals surface area contributed by atoms with Gasteiger partial charge in [0, 0.05) is 18.8 Å². The molecule has 0 aromatic heterocycles. The molecule has 1 heterocycles. The highest BCUT2D eigenvalue weighted by Gasteiger charge is 2.44. The first-order valence-corrected chi connectivity index (χ1v) is 6.32. The second kappa shape index (κ2) is 5.17. The fourth-order valence-corrected chi connectivity index (χ4v) is 2.31. The lowest BCUT2D eigenvalue weighted by atomic mass is 9.92. The Morgan fingerprint density at radius 2 is 2.00 bits per heavy atom. The highest BCUT2D eigenvalue weighted by Crippen LogP contribution is 2.31. The number of alkyl halides is 1.